The maximum Gasteiger partial charge on any atom is 0.229 e. The fourth-order valence-corrected chi connectivity index (χ4v) is 2.92. The molecule has 1 aromatic rings. The van der Waals surface area contributed by atoms with Gasteiger partial charge in [-0.1, -0.05) is 24.9 Å². The van der Waals surface area contributed by atoms with Crippen molar-refractivity contribution < 1.29 is 9.63 Å². The summed E-state index contributed by atoms with van der Waals surface area (Å²) in [5.74, 6) is 2.57. The third-order valence-corrected chi connectivity index (χ3v) is 3.97. The number of hydrogen-bond donors (Lipinski definition) is 1. The van der Waals surface area contributed by atoms with Gasteiger partial charge in [-0.3, -0.25) is 0 Å². The molecule has 0 spiro atoms. The van der Waals surface area contributed by atoms with Crippen molar-refractivity contribution in [2.24, 2.45) is 5.92 Å². The van der Waals surface area contributed by atoms with Crippen LogP contribution >= 0.6 is 0 Å². The third kappa shape index (κ3) is 2.51. The van der Waals surface area contributed by atoms with Crippen LogP contribution in [0.3, 0.4) is 0 Å². The lowest BCUT2D eigenvalue weighted by molar-refractivity contribution is -0.0180. The van der Waals surface area contributed by atoms with Gasteiger partial charge in [0.05, 0.1) is 12.0 Å². The highest BCUT2D eigenvalue weighted by Crippen LogP contribution is 2.39. The van der Waals surface area contributed by atoms with Gasteiger partial charge in [-0.05, 0) is 31.6 Å². The summed E-state index contributed by atoms with van der Waals surface area (Å²) in [7, 11) is 0. The van der Waals surface area contributed by atoms with Gasteiger partial charge in [0.1, 0.15) is 0 Å². The zero-order chi connectivity index (χ0) is 11.9. The lowest BCUT2D eigenvalue weighted by Crippen LogP contribution is -2.36. The Bertz CT molecular complexity index is 400. The molecule has 2 aliphatic rings. The first-order chi connectivity index (χ1) is 8.15. The maximum atomic E-state index is 10.5. The number of nitrogens with zero attached hydrogens (tertiary/aromatic N) is 2. The van der Waals surface area contributed by atoms with Crippen LogP contribution < -0.4 is 0 Å². The van der Waals surface area contributed by atoms with E-state index in [2.05, 4.69) is 17.1 Å². The SMILES string of the molecule is CC1CCCC(O)(Cc2nc(C3CC3)no2)C1. The van der Waals surface area contributed by atoms with Crippen molar-refractivity contribution in [2.45, 2.75) is 63.4 Å². The minimum atomic E-state index is -0.620. The quantitative estimate of drug-likeness (QED) is 0.875. The summed E-state index contributed by atoms with van der Waals surface area (Å²) in [4.78, 5) is 4.40. The second kappa shape index (κ2) is 4.09. The first-order valence-corrected chi connectivity index (χ1v) is 6.69. The van der Waals surface area contributed by atoms with Gasteiger partial charge in [-0.15, -0.1) is 0 Å². The van der Waals surface area contributed by atoms with Gasteiger partial charge >= 0.3 is 0 Å². The van der Waals surface area contributed by atoms with Gasteiger partial charge < -0.3 is 9.63 Å². The van der Waals surface area contributed by atoms with E-state index in [1.54, 1.807) is 0 Å². The third-order valence-electron chi connectivity index (χ3n) is 3.97. The molecule has 2 fully saturated rings. The van der Waals surface area contributed by atoms with Crippen LogP contribution in [0.2, 0.25) is 0 Å². The predicted octanol–water partition coefficient (Wildman–Crippen LogP) is 2.43. The van der Waals surface area contributed by atoms with E-state index in [1.807, 2.05) is 0 Å². The largest absolute Gasteiger partial charge is 0.389 e. The highest BCUT2D eigenvalue weighted by atomic mass is 16.5. The van der Waals surface area contributed by atoms with Crippen molar-refractivity contribution in [3.63, 3.8) is 0 Å². The zero-order valence-electron chi connectivity index (χ0n) is 10.4. The standard InChI is InChI=1S/C13H20N2O2/c1-9-3-2-6-13(16,7-9)8-11-14-12(15-17-11)10-4-5-10/h9-10,16H,2-8H2,1H3. The van der Waals surface area contributed by atoms with Crippen molar-refractivity contribution in [3.8, 4) is 0 Å². The Morgan fingerprint density at radius 2 is 2.24 bits per heavy atom. The molecule has 0 radical (unpaired) electrons. The molecule has 1 heterocycles. The van der Waals surface area contributed by atoms with Crippen LogP contribution in [0, 0.1) is 5.92 Å². The molecule has 0 amide bonds. The van der Waals surface area contributed by atoms with Gasteiger partial charge in [0.25, 0.3) is 0 Å². The molecule has 0 aromatic carbocycles. The summed E-state index contributed by atoms with van der Waals surface area (Å²) in [6, 6.07) is 0. The molecule has 2 atom stereocenters. The molecule has 94 valence electrons. The molecular formula is C13H20N2O2. The van der Waals surface area contributed by atoms with E-state index in [4.69, 9.17) is 4.52 Å². The molecule has 17 heavy (non-hydrogen) atoms. The molecule has 0 saturated heterocycles. The highest BCUT2D eigenvalue weighted by molar-refractivity contribution is 5.04. The van der Waals surface area contributed by atoms with E-state index < -0.39 is 5.60 Å². The first-order valence-electron chi connectivity index (χ1n) is 6.69. The Balaban J connectivity index is 1.67. The predicted molar refractivity (Wildman–Crippen MR) is 62.6 cm³/mol. The molecule has 1 aromatic heterocycles. The summed E-state index contributed by atoms with van der Waals surface area (Å²) >= 11 is 0. The first kappa shape index (κ1) is 11.2. The van der Waals surface area contributed by atoms with Crippen molar-refractivity contribution in [1.82, 2.24) is 10.1 Å². The van der Waals surface area contributed by atoms with Crippen LogP contribution in [0.5, 0.6) is 0 Å². The van der Waals surface area contributed by atoms with Gasteiger partial charge in [0.2, 0.25) is 5.89 Å². The summed E-state index contributed by atoms with van der Waals surface area (Å²) in [6.07, 6.45) is 6.92. The molecular weight excluding hydrogens is 216 g/mol. The molecule has 0 aliphatic heterocycles. The average Bonchev–Trinajstić information content (AvgIpc) is 3.00. The Morgan fingerprint density at radius 1 is 1.41 bits per heavy atom. The molecule has 2 unspecified atom stereocenters. The summed E-state index contributed by atoms with van der Waals surface area (Å²) in [5, 5.41) is 14.5. The second-order valence-electron chi connectivity index (χ2n) is 5.92. The van der Waals surface area contributed by atoms with Gasteiger partial charge in [0, 0.05) is 5.92 Å². The van der Waals surface area contributed by atoms with E-state index in [1.165, 1.54) is 19.3 Å². The van der Waals surface area contributed by atoms with E-state index in [9.17, 15) is 5.11 Å². The maximum absolute atomic E-state index is 10.5. The van der Waals surface area contributed by atoms with Gasteiger partial charge in [-0.2, -0.15) is 4.98 Å². The van der Waals surface area contributed by atoms with E-state index in [0.717, 1.165) is 25.1 Å². The average molecular weight is 236 g/mol. The molecule has 4 heteroatoms. The van der Waals surface area contributed by atoms with Crippen molar-refractivity contribution in [1.29, 1.82) is 0 Å². The van der Waals surface area contributed by atoms with Crippen molar-refractivity contribution >= 4 is 0 Å². The molecule has 3 rings (SSSR count). The van der Waals surface area contributed by atoms with Crippen LogP contribution in [0.25, 0.3) is 0 Å². The summed E-state index contributed by atoms with van der Waals surface area (Å²) < 4.78 is 5.25. The minimum absolute atomic E-state index is 0.521. The normalized spacial score (nSPS) is 33.9. The van der Waals surface area contributed by atoms with E-state index in [-0.39, 0.29) is 0 Å². The molecule has 4 nitrogen and oxygen atoms in total. The van der Waals surface area contributed by atoms with Gasteiger partial charge in [0.15, 0.2) is 5.82 Å². The van der Waals surface area contributed by atoms with E-state index >= 15 is 0 Å². The van der Waals surface area contributed by atoms with Crippen molar-refractivity contribution in [2.75, 3.05) is 0 Å². The highest BCUT2D eigenvalue weighted by Gasteiger charge is 2.35. The van der Waals surface area contributed by atoms with Crippen LogP contribution in [0.4, 0.5) is 0 Å². The fourth-order valence-electron chi connectivity index (χ4n) is 2.92. The molecule has 1 N–H and O–H groups in total. The zero-order valence-corrected chi connectivity index (χ0v) is 10.4. The van der Waals surface area contributed by atoms with Crippen LogP contribution in [-0.4, -0.2) is 20.8 Å². The Labute approximate surface area is 101 Å². The lowest BCUT2D eigenvalue weighted by atomic mass is 9.77. The number of aliphatic hydroxyl groups is 1. The number of aromatic nitrogens is 2. The lowest BCUT2D eigenvalue weighted by Gasteiger charge is -2.34. The Hall–Kier alpha value is -0.900. The Kier molecular flexibility index (Phi) is 2.69. The summed E-state index contributed by atoms with van der Waals surface area (Å²) in [6.45, 7) is 2.20. The van der Waals surface area contributed by atoms with E-state index in [0.29, 0.717) is 24.1 Å². The number of rotatable bonds is 3. The van der Waals surface area contributed by atoms with Crippen LogP contribution in [-0.2, 0) is 6.42 Å². The van der Waals surface area contributed by atoms with Gasteiger partial charge in [-0.25, -0.2) is 0 Å². The van der Waals surface area contributed by atoms with Crippen molar-refractivity contribution in [3.05, 3.63) is 11.7 Å². The topological polar surface area (TPSA) is 59.2 Å². The monoisotopic (exact) mass is 236 g/mol. The molecule has 0 bridgehead atoms. The van der Waals surface area contributed by atoms with Crippen LogP contribution in [0.15, 0.2) is 4.52 Å². The van der Waals surface area contributed by atoms with Crippen LogP contribution in [0.1, 0.15) is 63.1 Å². The number of hydrogen-bond acceptors (Lipinski definition) is 4. The molecule has 2 aliphatic carbocycles. The summed E-state index contributed by atoms with van der Waals surface area (Å²) in [5.41, 5.74) is -0.620. The smallest absolute Gasteiger partial charge is 0.229 e. The Morgan fingerprint density at radius 3 is 2.94 bits per heavy atom. The molecule has 2 saturated carbocycles. The second-order valence-corrected chi connectivity index (χ2v) is 5.92. The minimum Gasteiger partial charge on any atom is -0.389 e. The fraction of sp³-hybridized carbons (Fsp3) is 0.846.